The molecule has 1 unspecified atom stereocenters. The van der Waals surface area contributed by atoms with Gasteiger partial charge in [-0.3, -0.25) is 9.79 Å². The molecule has 10 nitrogen and oxygen atoms in total. The van der Waals surface area contributed by atoms with E-state index in [0.717, 1.165) is 5.56 Å². The Hall–Kier alpha value is -3.57. The number of para-hydroxylation sites is 1. The molecule has 0 bridgehead atoms. The first kappa shape index (κ1) is 22.6. The van der Waals surface area contributed by atoms with Crippen LogP contribution >= 0.6 is 11.1 Å². The van der Waals surface area contributed by atoms with Gasteiger partial charge in [-0.25, -0.2) is 0 Å². The van der Waals surface area contributed by atoms with Crippen molar-refractivity contribution in [3.05, 3.63) is 53.0 Å². The molecule has 0 spiro atoms. The van der Waals surface area contributed by atoms with Gasteiger partial charge < -0.3 is 29.8 Å². The standard InChI is InChI=1S/C22H25N5O5S/c1-22(2,3)18(12-8-9-15-16(10-12)32-11-31-15)25-20-19(26-33(30)27-20)24-14-7-5-6-13(17(14)28)21(29)23-4/h5-10,18,28H,11H2,1-4H3,(H,23,29)(H,24,26)(H,25,27)/t18-,33?/m0/s1. The number of carbonyl (C=O) groups excluding carboxylic acids is 1. The van der Waals surface area contributed by atoms with E-state index in [0.29, 0.717) is 11.5 Å². The molecule has 1 amide bonds. The molecule has 33 heavy (non-hydrogen) atoms. The van der Waals surface area contributed by atoms with Crippen molar-refractivity contribution in [1.82, 2.24) is 14.1 Å². The summed E-state index contributed by atoms with van der Waals surface area (Å²) in [5.74, 6) is 0.825. The summed E-state index contributed by atoms with van der Waals surface area (Å²) in [4.78, 5) is 16.8. The second-order valence-electron chi connectivity index (χ2n) is 8.56. The SMILES string of the molecule is CNC(=O)c1cccc(Nc2n[s+]([O-])[nH]c2=N[C@@H](c2ccc3c(c2)OCO3)C(C)(C)C)c1O. The number of aromatic hydroxyl groups is 1. The summed E-state index contributed by atoms with van der Waals surface area (Å²) in [6.45, 7) is 6.30. The summed E-state index contributed by atoms with van der Waals surface area (Å²) in [5, 5.41) is 16.0. The maximum Gasteiger partial charge on any atom is 0.254 e. The third-order valence-corrected chi connectivity index (χ3v) is 5.85. The number of benzene rings is 2. The molecule has 0 radical (unpaired) electrons. The van der Waals surface area contributed by atoms with Crippen LogP contribution in [0.4, 0.5) is 11.5 Å². The summed E-state index contributed by atoms with van der Waals surface area (Å²) in [5.41, 5.74) is 1.19. The molecule has 0 saturated heterocycles. The van der Waals surface area contributed by atoms with E-state index in [-0.39, 0.29) is 46.6 Å². The van der Waals surface area contributed by atoms with Gasteiger partial charge in [-0.2, -0.15) is 0 Å². The van der Waals surface area contributed by atoms with Crippen LogP contribution in [-0.2, 0) is 0 Å². The number of rotatable bonds is 5. The van der Waals surface area contributed by atoms with Crippen molar-refractivity contribution in [1.29, 1.82) is 0 Å². The number of hydrogen-bond acceptors (Lipinski definition) is 8. The molecule has 1 aliphatic rings. The molecular weight excluding hydrogens is 446 g/mol. The Bertz CT molecular complexity index is 1260. The van der Waals surface area contributed by atoms with E-state index in [1.54, 1.807) is 12.1 Å². The molecule has 2 atom stereocenters. The molecule has 11 heteroatoms. The van der Waals surface area contributed by atoms with Gasteiger partial charge in [-0.1, -0.05) is 32.9 Å². The highest BCUT2D eigenvalue weighted by atomic mass is 32.2. The van der Waals surface area contributed by atoms with Crippen molar-refractivity contribution in [2.75, 3.05) is 19.2 Å². The second kappa shape index (κ2) is 8.75. The predicted octanol–water partition coefficient (Wildman–Crippen LogP) is 3.36. The maximum atomic E-state index is 12.2. The van der Waals surface area contributed by atoms with Crippen molar-refractivity contribution in [2.45, 2.75) is 26.8 Å². The Balaban J connectivity index is 1.75. The topological polar surface area (TPSA) is 144 Å². The van der Waals surface area contributed by atoms with Gasteiger partial charge in [-0.05, 0) is 35.2 Å². The smallest absolute Gasteiger partial charge is 0.254 e. The van der Waals surface area contributed by atoms with E-state index in [9.17, 15) is 14.5 Å². The number of aromatic nitrogens is 2. The van der Waals surface area contributed by atoms with Crippen molar-refractivity contribution < 1.29 is 23.9 Å². The van der Waals surface area contributed by atoms with Crippen molar-refractivity contribution >= 4 is 28.6 Å². The first-order valence-corrected chi connectivity index (χ1v) is 11.3. The number of amides is 1. The molecule has 1 aromatic heterocycles. The van der Waals surface area contributed by atoms with Crippen molar-refractivity contribution in [3.8, 4) is 17.2 Å². The monoisotopic (exact) mass is 471 g/mol. The van der Waals surface area contributed by atoms with Crippen molar-refractivity contribution in [3.63, 3.8) is 0 Å². The first-order valence-electron chi connectivity index (χ1n) is 10.2. The van der Waals surface area contributed by atoms with E-state index in [4.69, 9.17) is 14.5 Å². The van der Waals surface area contributed by atoms with Gasteiger partial charge in [0.25, 0.3) is 5.91 Å². The van der Waals surface area contributed by atoms with E-state index in [1.807, 2.05) is 39.0 Å². The fourth-order valence-electron chi connectivity index (χ4n) is 3.52. The van der Waals surface area contributed by atoms with Gasteiger partial charge in [0.05, 0.1) is 17.3 Å². The fraction of sp³-hybridized carbons (Fsp3) is 0.318. The summed E-state index contributed by atoms with van der Waals surface area (Å²) in [6.07, 6.45) is 0. The van der Waals surface area contributed by atoms with Gasteiger partial charge in [0.2, 0.25) is 18.1 Å². The largest absolute Gasteiger partial charge is 0.548 e. The highest BCUT2D eigenvalue weighted by Crippen LogP contribution is 2.41. The summed E-state index contributed by atoms with van der Waals surface area (Å²) < 4.78 is 29.9. The molecular formula is C22H25N5O5S. The fourth-order valence-corrected chi connectivity index (χ4v) is 4.18. The lowest BCUT2D eigenvalue weighted by Crippen LogP contribution is -2.21. The first-order chi connectivity index (χ1) is 15.7. The average Bonchev–Trinajstić information content (AvgIpc) is 3.37. The number of fused-ring (bicyclic) bond motifs is 1. The van der Waals surface area contributed by atoms with E-state index in [1.165, 1.54) is 13.1 Å². The third-order valence-electron chi connectivity index (χ3n) is 5.13. The zero-order chi connectivity index (χ0) is 23.8. The molecule has 1 aliphatic heterocycles. The lowest BCUT2D eigenvalue weighted by Gasteiger charge is -2.27. The van der Waals surface area contributed by atoms with Gasteiger partial charge in [0, 0.05) is 11.4 Å². The number of nitrogens with one attached hydrogen (secondary N) is 3. The summed E-state index contributed by atoms with van der Waals surface area (Å²) in [6, 6.07) is 10.0. The zero-order valence-electron chi connectivity index (χ0n) is 18.6. The highest BCUT2D eigenvalue weighted by molar-refractivity contribution is 7.13. The van der Waals surface area contributed by atoms with Crippen LogP contribution in [0.25, 0.3) is 0 Å². The van der Waals surface area contributed by atoms with E-state index < -0.39 is 17.0 Å². The minimum Gasteiger partial charge on any atom is -0.548 e. The summed E-state index contributed by atoms with van der Waals surface area (Å²) >= 11 is -1.74. The van der Waals surface area contributed by atoms with Crippen LogP contribution in [0, 0.1) is 5.41 Å². The van der Waals surface area contributed by atoms with Crippen LogP contribution in [0.5, 0.6) is 17.2 Å². The predicted molar refractivity (Wildman–Crippen MR) is 122 cm³/mol. The maximum absolute atomic E-state index is 12.2. The van der Waals surface area contributed by atoms with Crippen LogP contribution in [0.1, 0.15) is 42.7 Å². The number of aromatic amines is 1. The molecule has 2 heterocycles. The van der Waals surface area contributed by atoms with Gasteiger partial charge >= 0.3 is 0 Å². The second-order valence-corrected chi connectivity index (χ2v) is 9.44. The Morgan fingerprint density at radius 2 is 2.03 bits per heavy atom. The Labute approximate surface area is 193 Å². The van der Waals surface area contributed by atoms with Crippen LogP contribution < -0.4 is 25.6 Å². The number of carbonyl (C=O) groups is 1. The molecule has 0 saturated carbocycles. The third kappa shape index (κ3) is 4.64. The van der Waals surface area contributed by atoms with Crippen molar-refractivity contribution in [2.24, 2.45) is 10.4 Å². The lowest BCUT2D eigenvalue weighted by molar-refractivity contribution is 0.0960. The number of phenolic OH excluding ortho intramolecular Hbond substituents is 1. The Morgan fingerprint density at radius 3 is 2.76 bits per heavy atom. The normalized spacial score (nSPS) is 14.8. The minimum atomic E-state index is -1.74. The van der Waals surface area contributed by atoms with Crippen LogP contribution in [0.3, 0.4) is 0 Å². The highest BCUT2D eigenvalue weighted by Gasteiger charge is 2.29. The average molecular weight is 472 g/mol. The Morgan fingerprint density at radius 1 is 1.27 bits per heavy atom. The molecule has 2 aromatic carbocycles. The zero-order valence-corrected chi connectivity index (χ0v) is 19.4. The lowest BCUT2D eigenvalue weighted by atomic mass is 9.82. The Kier molecular flexibility index (Phi) is 6.00. The minimum absolute atomic E-state index is 0.0987. The number of hydrogen-bond donors (Lipinski definition) is 4. The number of H-pyrrole nitrogens is 1. The molecule has 0 aliphatic carbocycles. The van der Waals surface area contributed by atoms with Crippen LogP contribution in [0.15, 0.2) is 41.4 Å². The molecule has 174 valence electrons. The number of phenols is 1. The van der Waals surface area contributed by atoms with Crippen LogP contribution in [0.2, 0.25) is 0 Å². The molecule has 4 N–H and O–H groups in total. The van der Waals surface area contributed by atoms with Crippen LogP contribution in [-0.4, -0.2) is 38.2 Å². The molecule has 0 fully saturated rings. The quantitative estimate of drug-likeness (QED) is 0.330. The molecule has 3 aromatic rings. The molecule has 4 rings (SSSR count). The number of ether oxygens (including phenoxy) is 2. The van der Waals surface area contributed by atoms with Gasteiger partial charge in [0.1, 0.15) is 0 Å². The van der Waals surface area contributed by atoms with Gasteiger partial charge in [-0.15, -0.1) is 4.37 Å². The summed E-state index contributed by atoms with van der Waals surface area (Å²) in [7, 11) is 1.48. The number of anilines is 2. The van der Waals surface area contributed by atoms with E-state index in [2.05, 4.69) is 19.4 Å². The van der Waals surface area contributed by atoms with Gasteiger partial charge in [0.15, 0.2) is 28.4 Å². The number of nitrogens with zero attached hydrogens (tertiary/aromatic N) is 2. The van der Waals surface area contributed by atoms with E-state index >= 15 is 0 Å².